The third-order valence-corrected chi connectivity index (χ3v) is 6.44. The summed E-state index contributed by atoms with van der Waals surface area (Å²) in [5, 5.41) is 2.59. The van der Waals surface area contributed by atoms with Crippen molar-refractivity contribution in [3.8, 4) is 5.75 Å². The summed E-state index contributed by atoms with van der Waals surface area (Å²) < 4.78 is 45.3. The van der Waals surface area contributed by atoms with E-state index in [1.165, 1.54) is 52.8 Å². The van der Waals surface area contributed by atoms with E-state index in [0.29, 0.717) is 24.5 Å². The van der Waals surface area contributed by atoms with Gasteiger partial charge in [0.15, 0.2) is 6.61 Å². The highest BCUT2D eigenvalue weighted by atomic mass is 32.2. The number of anilines is 1. The van der Waals surface area contributed by atoms with E-state index in [9.17, 15) is 17.6 Å². The van der Waals surface area contributed by atoms with Crippen molar-refractivity contribution in [1.82, 2.24) is 4.31 Å². The maximum absolute atomic E-state index is 12.9. The van der Waals surface area contributed by atoms with Crippen LogP contribution in [-0.2, 0) is 14.8 Å². The summed E-state index contributed by atoms with van der Waals surface area (Å²) in [5.41, 5.74) is 0.467. The lowest BCUT2D eigenvalue weighted by Gasteiger charge is -2.20. The Labute approximate surface area is 164 Å². The monoisotopic (exact) mass is 406 g/mol. The van der Waals surface area contributed by atoms with Gasteiger partial charge in [0, 0.05) is 18.8 Å². The first-order chi connectivity index (χ1) is 13.4. The molecule has 0 spiro atoms. The molecule has 2 aromatic rings. The van der Waals surface area contributed by atoms with Gasteiger partial charge in [0.1, 0.15) is 11.6 Å². The van der Waals surface area contributed by atoms with E-state index in [2.05, 4.69) is 5.32 Å². The van der Waals surface area contributed by atoms with Crippen LogP contribution in [0.5, 0.6) is 5.75 Å². The number of nitrogens with one attached hydrogen (secondary N) is 1. The second-order valence-corrected chi connectivity index (χ2v) is 8.57. The van der Waals surface area contributed by atoms with E-state index in [-0.39, 0.29) is 17.3 Å². The van der Waals surface area contributed by atoms with Crippen molar-refractivity contribution in [3.63, 3.8) is 0 Å². The van der Waals surface area contributed by atoms with E-state index in [0.717, 1.165) is 25.7 Å². The summed E-state index contributed by atoms with van der Waals surface area (Å²) in [4.78, 5) is 12.1. The SMILES string of the molecule is O=C(COc1ccc(S(=O)(=O)N2CCCCCC2)cc1)Nc1ccc(F)cc1. The van der Waals surface area contributed by atoms with Crippen LogP contribution in [0.2, 0.25) is 0 Å². The quantitative estimate of drug-likeness (QED) is 0.798. The first-order valence-electron chi connectivity index (χ1n) is 9.23. The summed E-state index contributed by atoms with van der Waals surface area (Å²) in [5.74, 6) is -0.388. The molecule has 0 unspecified atom stereocenters. The average molecular weight is 406 g/mol. The van der Waals surface area contributed by atoms with E-state index < -0.39 is 15.9 Å². The zero-order valence-electron chi connectivity index (χ0n) is 15.4. The van der Waals surface area contributed by atoms with Gasteiger partial charge >= 0.3 is 0 Å². The molecule has 2 aromatic carbocycles. The van der Waals surface area contributed by atoms with Crippen molar-refractivity contribution >= 4 is 21.6 Å². The largest absolute Gasteiger partial charge is 0.484 e. The Hall–Kier alpha value is -2.45. The Morgan fingerprint density at radius 3 is 2.18 bits per heavy atom. The van der Waals surface area contributed by atoms with Gasteiger partial charge < -0.3 is 10.1 Å². The van der Waals surface area contributed by atoms with Crippen molar-refractivity contribution in [2.24, 2.45) is 0 Å². The van der Waals surface area contributed by atoms with Crippen LogP contribution in [0.4, 0.5) is 10.1 Å². The number of benzene rings is 2. The van der Waals surface area contributed by atoms with Crippen molar-refractivity contribution in [2.45, 2.75) is 30.6 Å². The van der Waals surface area contributed by atoms with Crippen LogP contribution in [0, 0.1) is 5.82 Å². The first-order valence-corrected chi connectivity index (χ1v) is 10.7. The Bertz CT molecular complexity index is 891. The minimum atomic E-state index is -3.51. The van der Waals surface area contributed by atoms with E-state index >= 15 is 0 Å². The molecule has 0 radical (unpaired) electrons. The van der Waals surface area contributed by atoms with E-state index in [1.807, 2.05) is 0 Å². The van der Waals surface area contributed by atoms with Crippen LogP contribution < -0.4 is 10.1 Å². The van der Waals surface area contributed by atoms with Gasteiger partial charge in [-0.1, -0.05) is 12.8 Å². The van der Waals surface area contributed by atoms with Gasteiger partial charge in [-0.05, 0) is 61.4 Å². The number of hydrogen-bond acceptors (Lipinski definition) is 4. The van der Waals surface area contributed by atoms with Crippen molar-refractivity contribution < 1.29 is 22.3 Å². The van der Waals surface area contributed by atoms with Crippen molar-refractivity contribution in [3.05, 3.63) is 54.3 Å². The fourth-order valence-corrected chi connectivity index (χ4v) is 4.54. The second-order valence-electron chi connectivity index (χ2n) is 6.63. The Morgan fingerprint density at radius 2 is 1.57 bits per heavy atom. The van der Waals surface area contributed by atoms with E-state index in [1.54, 1.807) is 0 Å². The molecule has 150 valence electrons. The molecule has 3 rings (SSSR count). The lowest BCUT2D eigenvalue weighted by Crippen LogP contribution is -2.31. The lowest BCUT2D eigenvalue weighted by atomic mass is 10.2. The summed E-state index contributed by atoms with van der Waals surface area (Å²) in [6.07, 6.45) is 3.87. The molecule has 0 saturated carbocycles. The molecule has 1 aliphatic rings. The highest BCUT2D eigenvalue weighted by Gasteiger charge is 2.25. The predicted octanol–water partition coefficient (Wildman–Crippen LogP) is 3.41. The van der Waals surface area contributed by atoms with Gasteiger partial charge in [-0.15, -0.1) is 0 Å². The maximum atomic E-state index is 12.9. The highest BCUT2D eigenvalue weighted by molar-refractivity contribution is 7.89. The van der Waals surface area contributed by atoms with Crippen LogP contribution in [-0.4, -0.2) is 38.3 Å². The second kappa shape index (κ2) is 9.16. The fraction of sp³-hybridized carbons (Fsp3) is 0.350. The minimum absolute atomic E-state index is 0.220. The third kappa shape index (κ3) is 5.30. The van der Waals surface area contributed by atoms with Gasteiger partial charge in [0.25, 0.3) is 5.91 Å². The molecule has 6 nitrogen and oxygen atoms in total. The first kappa shape index (κ1) is 20.3. The lowest BCUT2D eigenvalue weighted by molar-refractivity contribution is -0.118. The molecular weight excluding hydrogens is 383 g/mol. The van der Waals surface area contributed by atoms with Crippen LogP contribution in [0.3, 0.4) is 0 Å². The van der Waals surface area contributed by atoms with Gasteiger partial charge in [0.05, 0.1) is 4.90 Å². The molecule has 1 N–H and O–H groups in total. The highest BCUT2D eigenvalue weighted by Crippen LogP contribution is 2.22. The molecule has 0 aliphatic carbocycles. The Balaban J connectivity index is 1.56. The molecule has 1 fully saturated rings. The minimum Gasteiger partial charge on any atom is -0.484 e. The summed E-state index contributed by atoms with van der Waals surface area (Å²) in [6, 6.07) is 11.5. The number of rotatable bonds is 6. The number of carbonyl (C=O) groups excluding carboxylic acids is 1. The summed E-state index contributed by atoms with van der Waals surface area (Å²) in [6.45, 7) is 0.851. The third-order valence-electron chi connectivity index (χ3n) is 4.52. The smallest absolute Gasteiger partial charge is 0.262 e. The zero-order chi connectivity index (χ0) is 20.0. The van der Waals surface area contributed by atoms with Gasteiger partial charge in [-0.3, -0.25) is 4.79 Å². The van der Waals surface area contributed by atoms with Gasteiger partial charge in [0.2, 0.25) is 10.0 Å². The normalized spacial score (nSPS) is 15.6. The molecule has 1 heterocycles. The standard InChI is InChI=1S/C20H23FN2O4S/c21-16-5-7-17(8-6-16)22-20(24)15-27-18-9-11-19(12-10-18)28(25,26)23-13-3-1-2-4-14-23/h5-12H,1-4,13-15H2,(H,22,24). The Morgan fingerprint density at radius 1 is 0.964 bits per heavy atom. The number of ether oxygens (including phenoxy) is 1. The van der Waals surface area contributed by atoms with Crippen LogP contribution in [0.15, 0.2) is 53.4 Å². The molecule has 1 amide bonds. The Kier molecular flexibility index (Phi) is 6.64. The topological polar surface area (TPSA) is 75.7 Å². The molecule has 28 heavy (non-hydrogen) atoms. The van der Waals surface area contributed by atoms with Crippen LogP contribution in [0.1, 0.15) is 25.7 Å². The molecule has 1 saturated heterocycles. The molecule has 0 aromatic heterocycles. The molecule has 0 atom stereocenters. The van der Waals surface area contributed by atoms with Crippen LogP contribution in [0.25, 0.3) is 0 Å². The summed E-state index contributed by atoms with van der Waals surface area (Å²) >= 11 is 0. The maximum Gasteiger partial charge on any atom is 0.262 e. The number of nitrogens with zero attached hydrogens (tertiary/aromatic N) is 1. The molecule has 0 bridgehead atoms. The van der Waals surface area contributed by atoms with E-state index in [4.69, 9.17) is 4.74 Å². The molecule has 1 aliphatic heterocycles. The average Bonchev–Trinajstić information content (AvgIpc) is 2.99. The predicted molar refractivity (Wildman–Crippen MR) is 104 cm³/mol. The zero-order valence-corrected chi connectivity index (χ0v) is 16.3. The van der Waals surface area contributed by atoms with Gasteiger partial charge in [-0.25, -0.2) is 12.8 Å². The number of carbonyl (C=O) groups is 1. The number of halogens is 1. The van der Waals surface area contributed by atoms with Gasteiger partial charge in [-0.2, -0.15) is 4.31 Å². The number of sulfonamides is 1. The van der Waals surface area contributed by atoms with Crippen molar-refractivity contribution in [1.29, 1.82) is 0 Å². The fourth-order valence-electron chi connectivity index (χ4n) is 3.02. The molecule has 8 heteroatoms. The number of amides is 1. The molecular formula is C20H23FN2O4S. The van der Waals surface area contributed by atoms with Crippen LogP contribution >= 0.6 is 0 Å². The van der Waals surface area contributed by atoms with Crippen molar-refractivity contribution in [2.75, 3.05) is 25.0 Å². The number of hydrogen-bond donors (Lipinski definition) is 1. The summed E-state index contributed by atoms with van der Waals surface area (Å²) in [7, 11) is -3.51.